The molecule has 1 aromatic heterocycles. The monoisotopic (exact) mass is 443 g/mol. The molecule has 1 aliphatic rings. The van der Waals surface area contributed by atoms with E-state index in [0.717, 1.165) is 11.1 Å². The maximum Gasteiger partial charge on any atom is 0.249 e. The number of carbonyl (C=O) groups is 1. The van der Waals surface area contributed by atoms with Crippen molar-refractivity contribution in [1.29, 1.82) is 0 Å². The van der Waals surface area contributed by atoms with Crippen LogP contribution in [-0.2, 0) is 11.3 Å². The summed E-state index contributed by atoms with van der Waals surface area (Å²) in [6.45, 7) is 4.25. The van der Waals surface area contributed by atoms with E-state index in [2.05, 4.69) is 26.1 Å². The van der Waals surface area contributed by atoms with Gasteiger partial charge in [0.2, 0.25) is 17.6 Å². The molecule has 0 saturated carbocycles. The molecule has 2 heterocycles. The minimum absolute atomic E-state index is 0.0433. The molecule has 0 N–H and O–H groups in total. The predicted molar refractivity (Wildman–Crippen MR) is 106 cm³/mol. The molecule has 0 aliphatic carbocycles. The van der Waals surface area contributed by atoms with Crippen LogP contribution in [0.1, 0.15) is 41.5 Å². The lowest BCUT2D eigenvalue weighted by Gasteiger charge is -2.22. The zero-order valence-electron chi connectivity index (χ0n) is 15.6. The number of halogens is 2. The molecule has 2 aromatic carbocycles. The molecule has 1 amide bonds. The maximum absolute atomic E-state index is 14.2. The minimum atomic E-state index is -0.353. The average molecular weight is 444 g/mol. The van der Waals surface area contributed by atoms with Gasteiger partial charge in [-0.25, -0.2) is 4.39 Å². The van der Waals surface area contributed by atoms with Gasteiger partial charge in [-0.15, -0.1) is 0 Å². The van der Waals surface area contributed by atoms with E-state index in [1.54, 1.807) is 17.0 Å². The Bertz CT molecular complexity index is 1050. The van der Waals surface area contributed by atoms with Gasteiger partial charge in [0.25, 0.3) is 0 Å². The first-order valence-electron chi connectivity index (χ1n) is 9.07. The van der Waals surface area contributed by atoms with Crippen molar-refractivity contribution in [2.45, 2.75) is 39.3 Å². The molecule has 28 heavy (non-hydrogen) atoms. The van der Waals surface area contributed by atoms with Crippen LogP contribution < -0.4 is 0 Å². The molecule has 4 rings (SSSR count). The summed E-state index contributed by atoms with van der Waals surface area (Å²) in [7, 11) is 0. The Morgan fingerprint density at radius 1 is 1.21 bits per heavy atom. The zero-order chi connectivity index (χ0) is 19.8. The summed E-state index contributed by atoms with van der Waals surface area (Å²) in [6, 6.07) is 10.5. The Hall–Kier alpha value is -2.54. The van der Waals surface area contributed by atoms with Crippen LogP contribution in [0, 0.1) is 19.7 Å². The molecule has 144 valence electrons. The average Bonchev–Trinajstić information content (AvgIpc) is 3.27. The van der Waals surface area contributed by atoms with Gasteiger partial charge in [-0.1, -0.05) is 39.3 Å². The lowest BCUT2D eigenvalue weighted by atomic mass is 10.1. The number of likely N-dealkylation sites (tertiary alicyclic amines) is 1. The third kappa shape index (κ3) is 3.58. The van der Waals surface area contributed by atoms with Gasteiger partial charge in [0, 0.05) is 28.6 Å². The van der Waals surface area contributed by atoms with Crippen molar-refractivity contribution >= 4 is 21.8 Å². The lowest BCUT2D eigenvalue weighted by Crippen LogP contribution is -2.27. The highest BCUT2D eigenvalue weighted by atomic mass is 79.9. The number of amides is 1. The van der Waals surface area contributed by atoms with E-state index in [1.807, 2.05) is 32.0 Å². The molecule has 0 bridgehead atoms. The van der Waals surface area contributed by atoms with Gasteiger partial charge in [-0.05, 0) is 49.6 Å². The van der Waals surface area contributed by atoms with Crippen LogP contribution in [-0.4, -0.2) is 20.9 Å². The number of carbonyl (C=O) groups excluding carboxylic acids is 1. The SMILES string of the molecule is Cc1ccc(-c2noc(C3CCC(=O)N3Cc3ccc(Br)cc3F)n2)cc1C. The summed E-state index contributed by atoms with van der Waals surface area (Å²) in [5.41, 5.74) is 3.66. The first-order valence-corrected chi connectivity index (χ1v) is 9.86. The van der Waals surface area contributed by atoms with E-state index in [-0.39, 0.29) is 24.3 Å². The molecule has 1 atom stereocenters. The van der Waals surface area contributed by atoms with Crippen molar-refractivity contribution in [2.75, 3.05) is 0 Å². The molecule has 0 radical (unpaired) electrons. The van der Waals surface area contributed by atoms with Crippen LogP contribution in [0.2, 0.25) is 0 Å². The van der Waals surface area contributed by atoms with Crippen LogP contribution in [0.5, 0.6) is 0 Å². The normalized spacial score (nSPS) is 16.8. The fourth-order valence-electron chi connectivity index (χ4n) is 3.39. The van der Waals surface area contributed by atoms with Gasteiger partial charge in [0.05, 0.1) is 0 Å². The first-order chi connectivity index (χ1) is 13.4. The number of hydrogen-bond donors (Lipinski definition) is 0. The van der Waals surface area contributed by atoms with E-state index >= 15 is 0 Å². The predicted octanol–water partition coefficient (Wildman–Crippen LogP) is 5.12. The highest BCUT2D eigenvalue weighted by Crippen LogP contribution is 2.34. The van der Waals surface area contributed by atoms with Gasteiger partial charge in [0.1, 0.15) is 11.9 Å². The van der Waals surface area contributed by atoms with Crippen LogP contribution in [0.4, 0.5) is 4.39 Å². The molecule has 1 unspecified atom stereocenters. The molecular weight excluding hydrogens is 425 g/mol. The Kier molecular flexibility index (Phi) is 5.02. The number of aryl methyl sites for hydroxylation is 2. The Labute approximate surface area is 170 Å². The van der Waals surface area contributed by atoms with Gasteiger partial charge in [0.15, 0.2) is 0 Å². The highest BCUT2D eigenvalue weighted by molar-refractivity contribution is 9.10. The van der Waals surface area contributed by atoms with Crippen LogP contribution in [0.3, 0.4) is 0 Å². The number of benzene rings is 2. The van der Waals surface area contributed by atoms with Gasteiger partial charge in [-0.2, -0.15) is 4.98 Å². The van der Waals surface area contributed by atoms with Gasteiger partial charge < -0.3 is 9.42 Å². The van der Waals surface area contributed by atoms with Crippen molar-refractivity contribution in [3.05, 3.63) is 69.3 Å². The third-order valence-electron chi connectivity index (χ3n) is 5.18. The summed E-state index contributed by atoms with van der Waals surface area (Å²) >= 11 is 3.25. The second kappa shape index (κ2) is 7.47. The fraction of sp³-hybridized carbons (Fsp3) is 0.286. The summed E-state index contributed by atoms with van der Waals surface area (Å²) in [4.78, 5) is 18.5. The minimum Gasteiger partial charge on any atom is -0.337 e. The standard InChI is InChI=1S/C21H19BrFN3O2/c1-12-3-4-14(9-13(12)2)20-24-21(28-25-20)18-7-8-19(27)26(18)11-15-5-6-16(22)10-17(15)23/h3-6,9-10,18H,7-8,11H2,1-2H3. The van der Waals surface area contributed by atoms with Crippen molar-refractivity contribution in [1.82, 2.24) is 15.0 Å². The summed E-state index contributed by atoms with van der Waals surface area (Å²) in [5, 5.41) is 4.09. The van der Waals surface area contributed by atoms with Gasteiger partial charge in [-0.3, -0.25) is 4.79 Å². The van der Waals surface area contributed by atoms with E-state index in [0.29, 0.717) is 34.6 Å². The molecule has 5 nitrogen and oxygen atoms in total. The number of nitrogens with zero attached hydrogens (tertiary/aromatic N) is 3. The quantitative estimate of drug-likeness (QED) is 0.561. The number of rotatable bonds is 4. The summed E-state index contributed by atoms with van der Waals surface area (Å²) in [6.07, 6.45) is 0.954. The summed E-state index contributed by atoms with van der Waals surface area (Å²) in [5.74, 6) is 0.483. The van der Waals surface area contributed by atoms with Crippen molar-refractivity contribution in [3.63, 3.8) is 0 Å². The molecule has 3 aromatic rings. The molecule has 1 saturated heterocycles. The van der Waals surface area contributed by atoms with E-state index in [4.69, 9.17) is 4.52 Å². The first kappa shape index (κ1) is 18.8. The second-order valence-electron chi connectivity index (χ2n) is 7.07. The van der Waals surface area contributed by atoms with Crippen LogP contribution in [0.15, 0.2) is 45.4 Å². The van der Waals surface area contributed by atoms with Crippen molar-refractivity contribution < 1.29 is 13.7 Å². The summed E-state index contributed by atoms with van der Waals surface area (Å²) < 4.78 is 20.4. The van der Waals surface area contributed by atoms with E-state index < -0.39 is 0 Å². The lowest BCUT2D eigenvalue weighted by molar-refractivity contribution is -0.130. The van der Waals surface area contributed by atoms with Crippen molar-refractivity contribution in [3.8, 4) is 11.4 Å². The molecule has 1 fully saturated rings. The van der Waals surface area contributed by atoms with E-state index in [1.165, 1.54) is 11.6 Å². The Morgan fingerprint density at radius 2 is 2.04 bits per heavy atom. The Morgan fingerprint density at radius 3 is 2.79 bits per heavy atom. The van der Waals surface area contributed by atoms with Gasteiger partial charge >= 0.3 is 0 Å². The molecular formula is C21H19BrFN3O2. The molecule has 1 aliphatic heterocycles. The zero-order valence-corrected chi connectivity index (χ0v) is 17.2. The second-order valence-corrected chi connectivity index (χ2v) is 7.98. The largest absolute Gasteiger partial charge is 0.337 e. The molecule has 0 spiro atoms. The maximum atomic E-state index is 14.2. The topological polar surface area (TPSA) is 59.2 Å². The Balaban J connectivity index is 1.60. The smallest absolute Gasteiger partial charge is 0.249 e. The number of hydrogen-bond acceptors (Lipinski definition) is 4. The fourth-order valence-corrected chi connectivity index (χ4v) is 3.72. The third-order valence-corrected chi connectivity index (χ3v) is 5.67. The molecule has 7 heteroatoms. The van der Waals surface area contributed by atoms with Crippen LogP contribution in [0.25, 0.3) is 11.4 Å². The highest BCUT2D eigenvalue weighted by Gasteiger charge is 2.36. The van der Waals surface area contributed by atoms with Crippen LogP contribution >= 0.6 is 15.9 Å². The van der Waals surface area contributed by atoms with Crippen molar-refractivity contribution in [2.24, 2.45) is 0 Å². The van der Waals surface area contributed by atoms with E-state index in [9.17, 15) is 9.18 Å². The number of aromatic nitrogens is 2.